The third-order valence-electron chi connectivity index (χ3n) is 1.58. The highest BCUT2D eigenvalue weighted by Gasteiger charge is 2.03. The van der Waals surface area contributed by atoms with Crippen LogP contribution >= 0.6 is 0 Å². The lowest BCUT2D eigenvalue weighted by Gasteiger charge is -2.06. The molecule has 0 aliphatic carbocycles. The number of hydrogen-bond donors (Lipinski definition) is 1. The zero-order chi connectivity index (χ0) is 9.14. The van der Waals surface area contributed by atoms with Gasteiger partial charge in [0.1, 0.15) is 5.75 Å². The van der Waals surface area contributed by atoms with Gasteiger partial charge in [-0.3, -0.25) is 4.79 Å². The van der Waals surface area contributed by atoms with E-state index in [2.05, 4.69) is 0 Å². The van der Waals surface area contributed by atoms with Crippen molar-refractivity contribution in [1.82, 2.24) is 0 Å². The van der Waals surface area contributed by atoms with E-state index in [0.717, 1.165) is 5.56 Å². The highest BCUT2D eigenvalue weighted by Crippen LogP contribution is 2.22. The molecule has 1 aromatic carbocycles. The SMILES string of the molecule is CC(=O)Oc1cccc(N)c1C. The van der Waals surface area contributed by atoms with E-state index in [0.29, 0.717) is 11.4 Å². The smallest absolute Gasteiger partial charge is 0.308 e. The second-order valence-corrected chi connectivity index (χ2v) is 2.56. The van der Waals surface area contributed by atoms with Gasteiger partial charge in [0, 0.05) is 18.2 Å². The van der Waals surface area contributed by atoms with Crippen molar-refractivity contribution in [3.05, 3.63) is 23.8 Å². The average Bonchev–Trinajstić information content (AvgIpc) is 1.98. The van der Waals surface area contributed by atoms with Gasteiger partial charge >= 0.3 is 5.97 Å². The van der Waals surface area contributed by atoms with Crippen molar-refractivity contribution in [3.8, 4) is 5.75 Å². The Morgan fingerprint density at radius 2 is 2.17 bits per heavy atom. The number of rotatable bonds is 1. The fourth-order valence-corrected chi connectivity index (χ4v) is 0.897. The molecule has 1 rings (SSSR count). The predicted octanol–water partition coefficient (Wildman–Crippen LogP) is 1.50. The highest BCUT2D eigenvalue weighted by atomic mass is 16.5. The van der Waals surface area contributed by atoms with Crippen LogP contribution in [0.2, 0.25) is 0 Å². The Morgan fingerprint density at radius 1 is 1.50 bits per heavy atom. The minimum absolute atomic E-state index is 0.330. The third kappa shape index (κ3) is 1.75. The molecule has 0 aliphatic heterocycles. The Labute approximate surface area is 71.1 Å². The first kappa shape index (κ1) is 8.59. The summed E-state index contributed by atoms with van der Waals surface area (Å²) in [5, 5.41) is 0. The lowest BCUT2D eigenvalue weighted by molar-refractivity contribution is -0.131. The standard InChI is InChI=1S/C9H11NO2/c1-6-8(10)4-3-5-9(6)12-7(2)11/h3-5H,10H2,1-2H3. The van der Waals surface area contributed by atoms with Crippen molar-refractivity contribution in [2.45, 2.75) is 13.8 Å². The van der Waals surface area contributed by atoms with Crippen LogP contribution in [0.1, 0.15) is 12.5 Å². The Balaban J connectivity index is 3.00. The van der Waals surface area contributed by atoms with Gasteiger partial charge in [-0.15, -0.1) is 0 Å². The molecule has 0 unspecified atom stereocenters. The van der Waals surface area contributed by atoms with Crippen LogP contribution in [0.5, 0.6) is 5.75 Å². The molecule has 3 heteroatoms. The van der Waals surface area contributed by atoms with Crippen molar-refractivity contribution in [1.29, 1.82) is 0 Å². The van der Waals surface area contributed by atoms with Crippen LogP contribution in [0.15, 0.2) is 18.2 Å². The lowest BCUT2D eigenvalue weighted by atomic mass is 10.2. The predicted molar refractivity (Wildman–Crippen MR) is 46.9 cm³/mol. The summed E-state index contributed by atoms with van der Waals surface area (Å²) in [5.41, 5.74) is 7.04. The van der Waals surface area contributed by atoms with E-state index in [1.54, 1.807) is 18.2 Å². The van der Waals surface area contributed by atoms with Crippen molar-refractivity contribution in [3.63, 3.8) is 0 Å². The number of carbonyl (C=O) groups excluding carboxylic acids is 1. The van der Waals surface area contributed by atoms with Crippen molar-refractivity contribution >= 4 is 11.7 Å². The third-order valence-corrected chi connectivity index (χ3v) is 1.58. The Kier molecular flexibility index (Phi) is 2.33. The minimum Gasteiger partial charge on any atom is -0.426 e. The monoisotopic (exact) mass is 165 g/mol. The molecular weight excluding hydrogens is 154 g/mol. The van der Waals surface area contributed by atoms with Gasteiger partial charge in [0.25, 0.3) is 0 Å². The van der Waals surface area contributed by atoms with Crippen LogP contribution in [0.4, 0.5) is 5.69 Å². The van der Waals surface area contributed by atoms with Gasteiger partial charge in [0.15, 0.2) is 0 Å². The number of esters is 1. The van der Waals surface area contributed by atoms with E-state index in [9.17, 15) is 4.79 Å². The molecule has 0 aliphatic rings. The van der Waals surface area contributed by atoms with Crippen molar-refractivity contribution in [2.24, 2.45) is 0 Å². The molecule has 0 fully saturated rings. The van der Waals surface area contributed by atoms with Crippen LogP contribution in [-0.4, -0.2) is 5.97 Å². The number of carbonyl (C=O) groups is 1. The van der Waals surface area contributed by atoms with Crippen molar-refractivity contribution in [2.75, 3.05) is 5.73 Å². The molecule has 0 saturated heterocycles. The van der Waals surface area contributed by atoms with Crippen LogP contribution < -0.4 is 10.5 Å². The summed E-state index contributed by atoms with van der Waals surface area (Å²) >= 11 is 0. The van der Waals surface area contributed by atoms with Gasteiger partial charge in [-0.25, -0.2) is 0 Å². The van der Waals surface area contributed by atoms with Gasteiger partial charge in [-0.2, -0.15) is 0 Å². The molecule has 12 heavy (non-hydrogen) atoms. The number of benzene rings is 1. The number of anilines is 1. The number of nitrogen functional groups attached to an aromatic ring is 1. The summed E-state index contributed by atoms with van der Waals surface area (Å²) < 4.78 is 4.91. The van der Waals surface area contributed by atoms with Gasteiger partial charge in [0.2, 0.25) is 0 Å². The number of nitrogens with two attached hydrogens (primary N) is 1. The van der Waals surface area contributed by atoms with Gasteiger partial charge < -0.3 is 10.5 Å². The highest BCUT2D eigenvalue weighted by molar-refractivity contribution is 5.70. The van der Waals surface area contributed by atoms with Crippen molar-refractivity contribution < 1.29 is 9.53 Å². The molecule has 0 aromatic heterocycles. The first-order valence-corrected chi connectivity index (χ1v) is 3.65. The maximum Gasteiger partial charge on any atom is 0.308 e. The Morgan fingerprint density at radius 3 is 2.75 bits per heavy atom. The molecule has 0 bridgehead atoms. The first-order valence-electron chi connectivity index (χ1n) is 3.65. The van der Waals surface area contributed by atoms with E-state index >= 15 is 0 Å². The molecule has 0 spiro atoms. The molecule has 1 aromatic rings. The summed E-state index contributed by atoms with van der Waals surface area (Å²) in [6, 6.07) is 5.23. The molecule has 0 heterocycles. The average molecular weight is 165 g/mol. The molecule has 0 radical (unpaired) electrons. The molecule has 2 N–H and O–H groups in total. The second kappa shape index (κ2) is 3.26. The second-order valence-electron chi connectivity index (χ2n) is 2.56. The summed E-state index contributed by atoms with van der Waals surface area (Å²) in [6.07, 6.45) is 0. The van der Waals surface area contributed by atoms with Crippen LogP contribution in [-0.2, 0) is 4.79 Å². The molecule has 64 valence electrons. The molecule has 0 atom stereocenters. The number of ether oxygens (including phenoxy) is 1. The number of hydrogen-bond acceptors (Lipinski definition) is 3. The van der Waals surface area contributed by atoms with Gasteiger partial charge in [-0.1, -0.05) is 6.07 Å². The van der Waals surface area contributed by atoms with Gasteiger partial charge in [0.05, 0.1) is 0 Å². The summed E-state index contributed by atoms with van der Waals surface area (Å²) in [6.45, 7) is 3.18. The maximum absolute atomic E-state index is 10.6. The Bertz CT molecular complexity index is 307. The maximum atomic E-state index is 10.6. The largest absolute Gasteiger partial charge is 0.426 e. The minimum atomic E-state index is -0.330. The summed E-state index contributed by atoms with van der Waals surface area (Å²) in [5.74, 6) is 0.200. The molecule has 0 amide bonds. The van der Waals surface area contributed by atoms with E-state index in [1.165, 1.54) is 6.92 Å². The molecular formula is C9H11NO2. The summed E-state index contributed by atoms with van der Waals surface area (Å²) in [4.78, 5) is 10.6. The van der Waals surface area contributed by atoms with Crippen LogP contribution in [0, 0.1) is 6.92 Å². The summed E-state index contributed by atoms with van der Waals surface area (Å²) in [7, 11) is 0. The molecule has 3 nitrogen and oxygen atoms in total. The van der Waals surface area contributed by atoms with E-state index in [1.807, 2.05) is 6.92 Å². The first-order chi connectivity index (χ1) is 5.61. The zero-order valence-electron chi connectivity index (χ0n) is 7.13. The van der Waals surface area contributed by atoms with E-state index in [-0.39, 0.29) is 5.97 Å². The fraction of sp³-hybridized carbons (Fsp3) is 0.222. The fourth-order valence-electron chi connectivity index (χ4n) is 0.897. The van der Waals surface area contributed by atoms with Gasteiger partial charge in [-0.05, 0) is 19.1 Å². The van der Waals surface area contributed by atoms with Crippen LogP contribution in [0.25, 0.3) is 0 Å². The van der Waals surface area contributed by atoms with E-state index in [4.69, 9.17) is 10.5 Å². The Hall–Kier alpha value is -1.51. The lowest BCUT2D eigenvalue weighted by Crippen LogP contribution is -2.03. The van der Waals surface area contributed by atoms with Crippen LogP contribution in [0.3, 0.4) is 0 Å². The zero-order valence-corrected chi connectivity index (χ0v) is 7.13. The topological polar surface area (TPSA) is 52.3 Å². The van der Waals surface area contributed by atoms with E-state index < -0.39 is 0 Å². The quantitative estimate of drug-likeness (QED) is 0.390. The normalized spacial score (nSPS) is 9.50. The molecule has 0 saturated carbocycles.